The maximum absolute atomic E-state index is 5.57. The Morgan fingerprint density at radius 1 is 1.35 bits per heavy atom. The molecule has 96 valence electrons. The molecule has 0 aliphatic rings. The maximum Gasteiger partial charge on any atom is 0.133 e. The fourth-order valence-electron chi connectivity index (χ4n) is 1.41. The predicted molar refractivity (Wildman–Crippen MR) is 73.5 cm³/mol. The summed E-state index contributed by atoms with van der Waals surface area (Å²) in [5, 5.41) is 3.31. The van der Waals surface area contributed by atoms with Crippen LogP contribution in [0.5, 0.6) is 5.75 Å². The maximum atomic E-state index is 5.57. The van der Waals surface area contributed by atoms with Gasteiger partial charge in [0.25, 0.3) is 0 Å². The van der Waals surface area contributed by atoms with Gasteiger partial charge in [-0.15, -0.1) is 0 Å². The van der Waals surface area contributed by atoms with E-state index in [0.717, 1.165) is 28.9 Å². The molecule has 0 heterocycles. The van der Waals surface area contributed by atoms with Gasteiger partial charge < -0.3 is 14.8 Å². The molecule has 0 unspecified atom stereocenters. The Morgan fingerprint density at radius 2 is 2.12 bits per heavy atom. The largest absolute Gasteiger partial charge is 0.496 e. The van der Waals surface area contributed by atoms with Gasteiger partial charge in [-0.2, -0.15) is 0 Å². The topological polar surface area (TPSA) is 30.5 Å². The highest BCUT2D eigenvalue weighted by atomic mass is 79.9. The van der Waals surface area contributed by atoms with Crippen LogP contribution in [0.3, 0.4) is 0 Å². The van der Waals surface area contributed by atoms with Gasteiger partial charge in [-0.05, 0) is 33.6 Å². The summed E-state index contributed by atoms with van der Waals surface area (Å²) in [5.74, 6) is 0.843. The number of hydrogen-bond acceptors (Lipinski definition) is 3. The quantitative estimate of drug-likeness (QED) is 0.786. The molecular weight excluding hydrogens is 282 g/mol. The van der Waals surface area contributed by atoms with Crippen molar-refractivity contribution in [1.82, 2.24) is 5.32 Å². The molecule has 0 spiro atoms. The van der Waals surface area contributed by atoms with E-state index in [1.165, 1.54) is 0 Å². The molecule has 0 saturated carbocycles. The molecule has 0 aliphatic heterocycles. The van der Waals surface area contributed by atoms with Gasteiger partial charge in [0, 0.05) is 12.6 Å². The summed E-state index contributed by atoms with van der Waals surface area (Å²) in [4.78, 5) is 0. The Kier molecular flexibility index (Phi) is 6.55. The van der Waals surface area contributed by atoms with E-state index in [1.54, 1.807) is 7.11 Å². The second-order valence-corrected chi connectivity index (χ2v) is 4.98. The molecule has 1 N–H and O–H groups in total. The summed E-state index contributed by atoms with van der Waals surface area (Å²) in [7, 11) is 1.66. The predicted octanol–water partition coefficient (Wildman–Crippen LogP) is 2.97. The van der Waals surface area contributed by atoms with E-state index in [1.807, 2.05) is 18.2 Å². The van der Waals surface area contributed by atoms with Crippen molar-refractivity contribution < 1.29 is 9.47 Å². The van der Waals surface area contributed by atoms with Crippen LogP contribution in [0.1, 0.15) is 19.4 Å². The number of benzene rings is 1. The second-order valence-electron chi connectivity index (χ2n) is 4.13. The van der Waals surface area contributed by atoms with Gasteiger partial charge in [-0.3, -0.25) is 0 Å². The standard InChI is InChI=1S/C13H20BrNO2/c1-10(2)15-6-7-17-9-11-4-5-13(16-3)12(14)8-11/h4-5,8,10,15H,6-7,9H2,1-3H3. The van der Waals surface area contributed by atoms with Crippen LogP contribution in [-0.4, -0.2) is 26.3 Å². The van der Waals surface area contributed by atoms with Gasteiger partial charge >= 0.3 is 0 Å². The third kappa shape index (κ3) is 5.52. The van der Waals surface area contributed by atoms with E-state index in [2.05, 4.69) is 35.1 Å². The summed E-state index contributed by atoms with van der Waals surface area (Å²) in [6, 6.07) is 6.48. The average molecular weight is 302 g/mol. The fourth-order valence-corrected chi connectivity index (χ4v) is 2.00. The molecular formula is C13H20BrNO2. The Bertz CT molecular complexity index is 342. The summed E-state index contributed by atoms with van der Waals surface area (Å²) in [6.07, 6.45) is 0. The Hall–Kier alpha value is -0.580. The Labute approximate surface area is 112 Å². The van der Waals surface area contributed by atoms with Crippen molar-refractivity contribution in [2.75, 3.05) is 20.3 Å². The highest BCUT2D eigenvalue weighted by Crippen LogP contribution is 2.25. The Balaban J connectivity index is 2.30. The molecule has 1 aromatic rings. The van der Waals surface area contributed by atoms with Crippen LogP contribution in [0.4, 0.5) is 0 Å². The van der Waals surface area contributed by atoms with Crippen LogP contribution >= 0.6 is 15.9 Å². The molecule has 0 radical (unpaired) electrons. The lowest BCUT2D eigenvalue weighted by atomic mass is 10.2. The lowest BCUT2D eigenvalue weighted by molar-refractivity contribution is 0.121. The van der Waals surface area contributed by atoms with Crippen LogP contribution in [-0.2, 0) is 11.3 Å². The van der Waals surface area contributed by atoms with Crippen molar-refractivity contribution >= 4 is 15.9 Å². The monoisotopic (exact) mass is 301 g/mol. The molecule has 0 amide bonds. The minimum Gasteiger partial charge on any atom is -0.496 e. The van der Waals surface area contributed by atoms with E-state index in [0.29, 0.717) is 12.6 Å². The zero-order valence-corrected chi connectivity index (χ0v) is 12.2. The molecule has 0 fully saturated rings. The third-order valence-corrected chi connectivity index (χ3v) is 2.90. The number of hydrogen-bond donors (Lipinski definition) is 1. The van der Waals surface area contributed by atoms with Gasteiger partial charge in [-0.1, -0.05) is 19.9 Å². The molecule has 1 rings (SSSR count). The van der Waals surface area contributed by atoms with Crippen molar-refractivity contribution in [3.8, 4) is 5.75 Å². The molecule has 3 nitrogen and oxygen atoms in total. The molecule has 0 saturated heterocycles. The van der Waals surface area contributed by atoms with E-state index < -0.39 is 0 Å². The number of ether oxygens (including phenoxy) is 2. The van der Waals surface area contributed by atoms with E-state index in [4.69, 9.17) is 9.47 Å². The molecule has 4 heteroatoms. The van der Waals surface area contributed by atoms with Crippen molar-refractivity contribution in [3.05, 3.63) is 28.2 Å². The summed E-state index contributed by atoms with van der Waals surface area (Å²) in [6.45, 7) is 6.49. The summed E-state index contributed by atoms with van der Waals surface area (Å²) >= 11 is 3.46. The first-order valence-corrected chi connectivity index (χ1v) is 6.56. The van der Waals surface area contributed by atoms with Crippen LogP contribution in [0, 0.1) is 0 Å². The van der Waals surface area contributed by atoms with Gasteiger partial charge in [0.1, 0.15) is 5.75 Å². The van der Waals surface area contributed by atoms with Gasteiger partial charge in [-0.25, -0.2) is 0 Å². The van der Waals surface area contributed by atoms with Crippen LogP contribution in [0.15, 0.2) is 22.7 Å². The van der Waals surface area contributed by atoms with Crippen LogP contribution < -0.4 is 10.1 Å². The van der Waals surface area contributed by atoms with Gasteiger partial charge in [0.2, 0.25) is 0 Å². The summed E-state index contributed by atoms with van der Waals surface area (Å²) in [5.41, 5.74) is 1.14. The number of rotatable bonds is 7. The van der Waals surface area contributed by atoms with Gasteiger partial charge in [0.05, 0.1) is 24.8 Å². The molecule has 1 aromatic carbocycles. The molecule has 0 aromatic heterocycles. The van der Waals surface area contributed by atoms with Crippen molar-refractivity contribution in [2.45, 2.75) is 26.5 Å². The van der Waals surface area contributed by atoms with Crippen LogP contribution in [0.2, 0.25) is 0 Å². The van der Waals surface area contributed by atoms with Crippen molar-refractivity contribution in [2.24, 2.45) is 0 Å². The van der Waals surface area contributed by atoms with Crippen LogP contribution in [0.25, 0.3) is 0 Å². The van der Waals surface area contributed by atoms with E-state index in [-0.39, 0.29) is 0 Å². The third-order valence-electron chi connectivity index (χ3n) is 2.28. The van der Waals surface area contributed by atoms with Crippen molar-refractivity contribution in [3.63, 3.8) is 0 Å². The smallest absolute Gasteiger partial charge is 0.133 e. The number of halogens is 1. The van der Waals surface area contributed by atoms with Crippen molar-refractivity contribution in [1.29, 1.82) is 0 Å². The normalized spacial score (nSPS) is 10.9. The second kappa shape index (κ2) is 7.69. The zero-order chi connectivity index (χ0) is 12.7. The summed E-state index contributed by atoms with van der Waals surface area (Å²) < 4.78 is 11.7. The molecule has 17 heavy (non-hydrogen) atoms. The minimum absolute atomic E-state index is 0.508. The average Bonchev–Trinajstić information content (AvgIpc) is 2.28. The fraction of sp³-hybridized carbons (Fsp3) is 0.538. The van der Waals surface area contributed by atoms with E-state index >= 15 is 0 Å². The molecule has 0 bridgehead atoms. The first kappa shape index (κ1) is 14.5. The van der Waals surface area contributed by atoms with Gasteiger partial charge in [0.15, 0.2) is 0 Å². The first-order chi connectivity index (χ1) is 8.13. The molecule has 0 aliphatic carbocycles. The first-order valence-electron chi connectivity index (χ1n) is 5.77. The number of methoxy groups -OCH3 is 1. The lowest BCUT2D eigenvalue weighted by Crippen LogP contribution is -2.26. The van der Waals surface area contributed by atoms with E-state index in [9.17, 15) is 0 Å². The zero-order valence-electron chi connectivity index (χ0n) is 10.6. The highest BCUT2D eigenvalue weighted by molar-refractivity contribution is 9.10. The SMILES string of the molecule is COc1ccc(COCCNC(C)C)cc1Br. The Morgan fingerprint density at radius 3 is 2.71 bits per heavy atom. The molecule has 0 atom stereocenters. The minimum atomic E-state index is 0.508. The number of nitrogens with one attached hydrogen (secondary N) is 1. The lowest BCUT2D eigenvalue weighted by Gasteiger charge is -2.09. The highest BCUT2D eigenvalue weighted by Gasteiger charge is 2.01.